The van der Waals surface area contributed by atoms with Crippen molar-refractivity contribution in [2.45, 2.75) is 4.90 Å². The highest BCUT2D eigenvalue weighted by Crippen LogP contribution is 2.31. The van der Waals surface area contributed by atoms with Gasteiger partial charge >= 0.3 is 6.03 Å². The van der Waals surface area contributed by atoms with Crippen LogP contribution < -0.4 is 10.6 Å². The van der Waals surface area contributed by atoms with Crippen LogP contribution in [0.5, 0.6) is 0 Å². The van der Waals surface area contributed by atoms with E-state index in [1.54, 1.807) is 18.2 Å². The number of nitrogens with one attached hydrogen (secondary N) is 2. The molecule has 4 rings (SSSR count). The van der Waals surface area contributed by atoms with Gasteiger partial charge in [0.15, 0.2) is 15.0 Å². The van der Waals surface area contributed by atoms with Gasteiger partial charge in [-0.05, 0) is 42.4 Å². The number of fused-ring (bicyclic) bond motifs is 1. The zero-order valence-corrected chi connectivity index (χ0v) is 19.8. The average molecular weight is 474 g/mol. The summed E-state index contributed by atoms with van der Waals surface area (Å²) in [5.74, 6) is 0. The zero-order chi connectivity index (χ0) is 22.7. The third-order valence-electron chi connectivity index (χ3n) is 5.51. The third kappa shape index (κ3) is 5.63. The molecule has 1 aliphatic rings. The molecular formula is C22H27N5O3S2. The number of anilines is 1. The Kier molecular flexibility index (Phi) is 6.75. The minimum absolute atomic E-state index is 0.265. The Labute approximate surface area is 192 Å². The van der Waals surface area contributed by atoms with E-state index in [0.717, 1.165) is 54.1 Å². The van der Waals surface area contributed by atoms with Gasteiger partial charge in [-0.25, -0.2) is 18.2 Å². The highest BCUT2D eigenvalue weighted by Gasteiger charge is 2.14. The van der Waals surface area contributed by atoms with Crippen LogP contribution in [0, 0.1) is 0 Å². The van der Waals surface area contributed by atoms with Gasteiger partial charge in [0.25, 0.3) is 0 Å². The van der Waals surface area contributed by atoms with Crippen molar-refractivity contribution in [1.29, 1.82) is 0 Å². The first-order chi connectivity index (χ1) is 15.3. The molecule has 0 radical (unpaired) electrons. The Morgan fingerprint density at radius 2 is 1.84 bits per heavy atom. The molecule has 32 heavy (non-hydrogen) atoms. The molecule has 1 aliphatic heterocycles. The van der Waals surface area contributed by atoms with Crippen LogP contribution in [0.1, 0.15) is 0 Å². The number of thiazole rings is 1. The average Bonchev–Trinajstić information content (AvgIpc) is 3.16. The molecule has 2 N–H and O–H groups in total. The molecule has 170 valence electrons. The molecular weight excluding hydrogens is 446 g/mol. The summed E-state index contributed by atoms with van der Waals surface area (Å²) in [6.45, 7) is 5.56. The van der Waals surface area contributed by atoms with E-state index in [0.29, 0.717) is 11.7 Å². The van der Waals surface area contributed by atoms with Crippen LogP contribution in [0.4, 0.5) is 9.93 Å². The van der Waals surface area contributed by atoms with Crippen molar-refractivity contribution in [1.82, 2.24) is 20.1 Å². The molecule has 8 nitrogen and oxygen atoms in total. The van der Waals surface area contributed by atoms with Gasteiger partial charge in [0.2, 0.25) is 0 Å². The highest BCUT2D eigenvalue weighted by molar-refractivity contribution is 7.90. The number of nitrogens with zero attached hydrogens (tertiary/aromatic N) is 3. The lowest BCUT2D eigenvalue weighted by atomic mass is 10.1. The van der Waals surface area contributed by atoms with E-state index in [1.165, 1.54) is 17.6 Å². The van der Waals surface area contributed by atoms with Crippen LogP contribution >= 0.6 is 11.3 Å². The summed E-state index contributed by atoms with van der Waals surface area (Å²) in [5.41, 5.74) is 2.50. The summed E-state index contributed by atoms with van der Waals surface area (Å²) in [7, 11) is -1.15. The molecule has 0 bridgehead atoms. The highest BCUT2D eigenvalue weighted by atomic mass is 32.2. The van der Waals surface area contributed by atoms with E-state index in [4.69, 9.17) is 0 Å². The first kappa shape index (κ1) is 22.7. The fraction of sp³-hybridized carbons (Fsp3) is 0.364. The standard InChI is InChI=1S/C22H27N5O3S2/c1-26-10-12-27(13-11-26)9-8-23-21(28)25-22-24-19-7-6-17(15-20(19)31-22)16-4-3-5-18(14-16)32(2,29)30/h3-7,14-15H,8-13H2,1-2H3,(H2,23,24,25,28). The number of benzene rings is 2. The first-order valence-electron chi connectivity index (χ1n) is 10.4. The Balaban J connectivity index is 1.38. The maximum absolute atomic E-state index is 12.3. The Hall–Kier alpha value is -2.53. The number of hydrogen-bond donors (Lipinski definition) is 2. The minimum atomic E-state index is -3.27. The number of aromatic nitrogens is 1. The van der Waals surface area contributed by atoms with Gasteiger partial charge in [-0.15, -0.1) is 0 Å². The van der Waals surface area contributed by atoms with E-state index < -0.39 is 9.84 Å². The fourth-order valence-electron chi connectivity index (χ4n) is 3.60. The molecule has 0 saturated carbocycles. The normalized spacial score (nSPS) is 15.7. The maximum Gasteiger partial charge on any atom is 0.321 e. The van der Waals surface area contributed by atoms with Crippen molar-refractivity contribution in [2.24, 2.45) is 0 Å². The molecule has 0 atom stereocenters. The van der Waals surface area contributed by atoms with Crippen LogP contribution in [0.3, 0.4) is 0 Å². The number of sulfone groups is 1. The molecule has 10 heteroatoms. The summed E-state index contributed by atoms with van der Waals surface area (Å²) in [6.07, 6.45) is 1.20. The Morgan fingerprint density at radius 3 is 2.59 bits per heavy atom. The molecule has 1 aromatic heterocycles. The van der Waals surface area contributed by atoms with Gasteiger partial charge in [-0.3, -0.25) is 10.2 Å². The van der Waals surface area contributed by atoms with Gasteiger partial charge in [0.05, 0.1) is 15.1 Å². The summed E-state index contributed by atoms with van der Waals surface area (Å²) in [4.78, 5) is 21.7. The smallest absolute Gasteiger partial charge is 0.321 e. The van der Waals surface area contributed by atoms with Crippen molar-refractivity contribution < 1.29 is 13.2 Å². The van der Waals surface area contributed by atoms with Crippen LogP contribution in [0.2, 0.25) is 0 Å². The SMILES string of the molecule is CN1CCN(CCNC(=O)Nc2nc3ccc(-c4cccc(S(C)(=O)=O)c4)cc3s2)CC1. The number of hydrogen-bond acceptors (Lipinski definition) is 7. The number of carbonyl (C=O) groups excluding carboxylic acids is 1. The van der Waals surface area contributed by atoms with E-state index in [-0.39, 0.29) is 10.9 Å². The van der Waals surface area contributed by atoms with Gasteiger partial charge in [0.1, 0.15) is 0 Å². The van der Waals surface area contributed by atoms with Gasteiger partial charge in [0, 0.05) is 45.5 Å². The van der Waals surface area contributed by atoms with Gasteiger partial charge in [-0.2, -0.15) is 0 Å². The second-order valence-electron chi connectivity index (χ2n) is 8.03. The molecule has 2 amide bonds. The maximum atomic E-state index is 12.3. The largest absolute Gasteiger partial charge is 0.337 e. The Bertz CT molecular complexity index is 1220. The number of rotatable bonds is 6. The molecule has 1 fully saturated rings. The number of urea groups is 1. The molecule has 2 heterocycles. The minimum Gasteiger partial charge on any atom is -0.337 e. The zero-order valence-electron chi connectivity index (χ0n) is 18.2. The van der Waals surface area contributed by atoms with E-state index in [9.17, 15) is 13.2 Å². The van der Waals surface area contributed by atoms with Crippen LogP contribution in [-0.4, -0.2) is 81.8 Å². The van der Waals surface area contributed by atoms with E-state index >= 15 is 0 Å². The number of carbonyl (C=O) groups is 1. The Morgan fingerprint density at radius 1 is 1.09 bits per heavy atom. The molecule has 0 unspecified atom stereocenters. The van der Waals surface area contributed by atoms with E-state index in [2.05, 4.69) is 32.5 Å². The van der Waals surface area contributed by atoms with Crippen LogP contribution in [0.25, 0.3) is 21.3 Å². The lowest BCUT2D eigenvalue weighted by molar-refractivity contribution is 0.155. The molecule has 1 saturated heterocycles. The topological polar surface area (TPSA) is 94.6 Å². The predicted molar refractivity (Wildman–Crippen MR) is 129 cm³/mol. The van der Waals surface area contributed by atoms with Crippen LogP contribution in [-0.2, 0) is 9.84 Å². The second-order valence-corrected chi connectivity index (χ2v) is 11.1. The summed E-state index contributed by atoms with van der Waals surface area (Å²) in [6, 6.07) is 12.4. The lowest BCUT2D eigenvalue weighted by Gasteiger charge is -2.32. The summed E-state index contributed by atoms with van der Waals surface area (Å²) < 4.78 is 24.6. The lowest BCUT2D eigenvalue weighted by Crippen LogP contribution is -2.47. The van der Waals surface area contributed by atoms with Crippen LogP contribution in [0.15, 0.2) is 47.4 Å². The number of piperazine rings is 1. The number of likely N-dealkylation sites (N-methyl/N-ethyl adjacent to an activating group) is 1. The van der Waals surface area contributed by atoms with Crippen molar-refractivity contribution in [2.75, 3.05) is 57.9 Å². The number of amides is 2. The van der Waals surface area contributed by atoms with Gasteiger partial charge in [-0.1, -0.05) is 29.5 Å². The molecule has 3 aromatic rings. The second kappa shape index (κ2) is 9.53. The van der Waals surface area contributed by atoms with Crippen molar-refractivity contribution in [3.63, 3.8) is 0 Å². The fourth-order valence-corrected chi connectivity index (χ4v) is 5.17. The van der Waals surface area contributed by atoms with Gasteiger partial charge < -0.3 is 10.2 Å². The molecule has 0 aliphatic carbocycles. The molecule has 0 spiro atoms. The predicted octanol–water partition coefficient (Wildman–Crippen LogP) is 2.74. The first-order valence-corrected chi connectivity index (χ1v) is 13.2. The molecule has 2 aromatic carbocycles. The van der Waals surface area contributed by atoms with Crippen molar-refractivity contribution >= 4 is 42.6 Å². The van der Waals surface area contributed by atoms with E-state index in [1.807, 2.05) is 24.3 Å². The quantitative estimate of drug-likeness (QED) is 0.572. The van der Waals surface area contributed by atoms with Crippen molar-refractivity contribution in [3.8, 4) is 11.1 Å². The summed E-state index contributed by atoms with van der Waals surface area (Å²) >= 11 is 1.39. The third-order valence-corrected chi connectivity index (χ3v) is 7.56. The monoisotopic (exact) mass is 473 g/mol. The summed E-state index contributed by atoms with van der Waals surface area (Å²) in [5, 5.41) is 6.24. The van der Waals surface area contributed by atoms with Crippen molar-refractivity contribution in [3.05, 3.63) is 42.5 Å².